The number of hydrogen-bond donors (Lipinski definition) is 2. The second kappa shape index (κ2) is 9.82. The monoisotopic (exact) mass is 549 g/mol. The molecule has 2 amide bonds. The lowest BCUT2D eigenvalue weighted by molar-refractivity contribution is -0.122. The molecule has 2 N–H and O–H groups in total. The zero-order chi connectivity index (χ0) is 26.3. The third-order valence-electron chi connectivity index (χ3n) is 5.95. The molecule has 0 unspecified atom stereocenters. The van der Waals surface area contributed by atoms with Crippen LogP contribution in [-0.2, 0) is 16.1 Å². The Morgan fingerprint density at radius 2 is 1.76 bits per heavy atom. The molecule has 37 heavy (non-hydrogen) atoms. The first-order valence-corrected chi connectivity index (χ1v) is 12.2. The van der Waals surface area contributed by atoms with Gasteiger partial charge in [0.25, 0.3) is 11.8 Å². The fourth-order valence-electron chi connectivity index (χ4n) is 4.15. The van der Waals surface area contributed by atoms with Crippen molar-refractivity contribution in [3.8, 4) is 0 Å². The number of anilines is 1. The van der Waals surface area contributed by atoms with Gasteiger partial charge in [0.15, 0.2) is 5.11 Å². The first kappa shape index (κ1) is 24.7. The highest BCUT2D eigenvalue weighted by Crippen LogP contribution is 2.29. The van der Waals surface area contributed by atoms with Gasteiger partial charge in [0.1, 0.15) is 5.57 Å². The molecule has 1 aromatic heterocycles. The van der Waals surface area contributed by atoms with Gasteiger partial charge in [-0.25, -0.2) is 4.79 Å². The van der Waals surface area contributed by atoms with Crippen molar-refractivity contribution in [3.05, 3.63) is 105 Å². The van der Waals surface area contributed by atoms with Gasteiger partial charge in [-0.3, -0.25) is 19.8 Å². The number of carbonyl (C=O) groups excluding carboxylic acids is 2. The highest BCUT2D eigenvalue weighted by Gasteiger charge is 2.34. The first-order valence-electron chi connectivity index (χ1n) is 11.0. The number of para-hydroxylation sites is 1. The number of aromatic nitrogens is 1. The lowest BCUT2D eigenvalue weighted by Gasteiger charge is -2.28. The molecular weight excluding hydrogens is 533 g/mol. The summed E-state index contributed by atoms with van der Waals surface area (Å²) in [6, 6.07) is 18.6. The molecule has 0 radical (unpaired) electrons. The number of halogens is 2. The van der Waals surface area contributed by atoms with E-state index < -0.39 is 17.8 Å². The van der Waals surface area contributed by atoms with E-state index in [1.807, 2.05) is 41.1 Å². The summed E-state index contributed by atoms with van der Waals surface area (Å²) >= 11 is 17.7. The molecule has 7 nitrogen and oxygen atoms in total. The number of nitrogens with one attached hydrogen (secondary N) is 1. The summed E-state index contributed by atoms with van der Waals surface area (Å²) in [6.45, 7) is 0.450. The zero-order valence-electron chi connectivity index (χ0n) is 18.9. The number of aromatic carboxylic acids is 1. The number of thiocarbonyl (C=S) groups is 1. The Morgan fingerprint density at radius 1 is 1.03 bits per heavy atom. The molecule has 2 heterocycles. The van der Waals surface area contributed by atoms with E-state index >= 15 is 0 Å². The van der Waals surface area contributed by atoms with Gasteiger partial charge in [-0.2, -0.15) is 0 Å². The number of carbonyl (C=O) groups is 3. The topological polar surface area (TPSA) is 91.6 Å². The van der Waals surface area contributed by atoms with Crippen LogP contribution in [0.5, 0.6) is 0 Å². The Hall–Kier alpha value is -3.98. The molecule has 0 saturated carbocycles. The predicted octanol–water partition coefficient (Wildman–Crippen LogP) is 5.53. The largest absolute Gasteiger partial charge is 0.478 e. The summed E-state index contributed by atoms with van der Waals surface area (Å²) in [5.41, 5.74) is 2.70. The normalized spacial score (nSPS) is 14.9. The third-order valence-corrected chi connectivity index (χ3v) is 6.82. The highest BCUT2D eigenvalue weighted by atomic mass is 35.5. The van der Waals surface area contributed by atoms with E-state index in [4.69, 9.17) is 40.5 Å². The maximum absolute atomic E-state index is 13.4. The molecule has 10 heteroatoms. The predicted molar refractivity (Wildman–Crippen MR) is 147 cm³/mol. The van der Waals surface area contributed by atoms with Crippen molar-refractivity contribution in [3.63, 3.8) is 0 Å². The van der Waals surface area contributed by atoms with Crippen LogP contribution in [0.1, 0.15) is 21.5 Å². The minimum Gasteiger partial charge on any atom is -0.478 e. The molecule has 4 aromatic rings. The van der Waals surface area contributed by atoms with E-state index in [0.29, 0.717) is 27.8 Å². The Bertz CT molecular complexity index is 1640. The average Bonchev–Trinajstić information content (AvgIpc) is 3.21. The standard InChI is InChI=1S/C27H17Cl2N3O4S/c28-18-8-5-16(22(29)12-18)13-31-14-17(20-3-1-2-4-23(20)31)11-21-24(33)30-27(37)32(25(21)34)19-9-6-15(7-10-19)26(35)36/h1-12,14H,13H2,(H,35,36)(H,30,33,37)/b21-11+. The van der Waals surface area contributed by atoms with Crippen molar-refractivity contribution in [1.29, 1.82) is 0 Å². The number of rotatable bonds is 5. The molecule has 5 rings (SSSR count). The number of hydrogen-bond acceptors (Lipinski definition) is 4. The van der Waals surface area contributed by atoms with Gasteiger partial charge in [-0.1, -0.05) is 47.5 Å². The molecular formula is C27H17Cl2N3O4S. The number of fused-ring (bicyclic) bond motifs is 1. The summed E-state index contributed by atoms with van der Waals surface area (Å²) in [4.78, 5) is 38.6. The first-order chi connectivity index (χ1) is 17.7. The molecule has 3 aromatic carbocycles. The van der Waals surface area contributed by atoms with E-state index in [-0.39, 0.29) is 16.2 Å². The van der Waals surface area contributed by atoms with Gasteiger partial charge < -0.3 is 9.67 Å². The molecule has 0 atom stereocenters. The molecule has 0 aliphatic carbocycles. The molecule has 1 fully saturated rings. The van der Waals surface area contributed by atoms with Crippen LogP contribution < -0.4 is 10.2 Å². The van der Waals surface area contributed by atoms with Gasteiger partial charge >= 0.3 is 5.97 Å². The minimum absolute atomic E-state index is 0.0625. The number of benzene rings is 3. The van der Waals surface area contributed by atoms with E-state index in [0.717, 1.165) is 16.5 Å². The maximum Gasteiger partial charge on any atom is 0.335 e. The van der Waals surface area contributed by atoms with Gasteiger partial charge in [0.05, 0.1) is 11.3 Å². The Labute approximate surface area is 226 Å². The zero-order valence-corrected chi connectivity index (χ0v) is 21.3. The van der Waals surface area contributed by atoms with E-state index in [1.54, 1.807) is 12.1 Å². The third kappa shape index (κ3) is 4.74. The fourth-order valence-corrected chi connectivity index (χ4v) is 4.90. The van der Waals surface area contributed by atoms with Crippen LogP contribution in [0.3, 0.4) is 0 Å². The lowest BCUT2D eigenvalue weighted by atomic mass is 10.1. The molecule has 1 aliphatic rings. The molecule has 1 saturated heterocycles. The van der Waals surface area contributed by atoms with Crippen LogP contribution in [0.15, 0.2) is 78.5 Å². The van der Waals surface area contributed by atoms with Gasteiger partial charge in [-0.15, -0.1) is 0 Å². The van der Waals surface area contributed by atoms with E-state index in [9.17, 15) is 14.4 Å². The van der Waals surface area contributed by atoms with Crippen molar-refractivity contribution in [2.75, 3.05) is 4.90 Å². The van der Waals surface area contributed by atoms with Crippen molar-refractivity contribution in [2.45, 2.75) is 6.54 Å². The van der Waals surface area contributed by atoms with E-state index in [2.05, 4.69) is 5.32 Å². The van der Waals surface area contributed by atoms with Gasteiger partial charge in [-0.05, 0) is 66.3 Å². The molecule has 0 spiro atoms. The summed E-state index contributed by atoms with van der Waals surface area (Å²) in [7, 11) is 0. The van der Waals surface area contributed by atoms with Gasteiger partial charge in [0.2, 0.25) is 0 Å². The Kier molecular flexibility index (Phi) is 6.55. The molecule has 0 bridgehead atoms. The number of carboxylic acids is 1. The second-order valence-corrected chi connectivity index (χ2v) is 9.51. The molecule has 1 aliphatic heterocycles. The Balaban J connectivity index is 1.55. The van der Waals surface area contributed by atoms with Crippen LogP contribution in [0.25, 0.3) is 17.0 Å². The summed E-state index contributed by atoms with van der Waals surface area (Å²) in [6.07, 6.45) is 3.38. The quantitative estimate of drug-likeness (QED) is 0.194. The van der Waals surface area contributed by atoms with Crippen molar-refractivity contribution in [1.82, 2.24) is 9.88 Å². The van der Waals surface area contributed by atoms with Crippen LogP contribution >= 0.6 is 35.4 Å². The number of nitrogens with zero attached hydrogens (tertiary/aromatic N) is 2. The maximum atomic E-state index is 13.4. The van der Waals surface area contributed by atoms with Crippen molar-refractivity contribution < 1.29 is 19.5 Å². The second-order valence-electron chi connectivity index (χ2n) is 8.28. The van der Waals surface area contributed by atoms with Crippen molar-refractivity contribution >= 4 is 81.0 Å². The van der Waals surface area contributed by atoms with Gasteiger partial charge in [0, 0.05) is 39.3 Å². The fraction of sp³-hybridized carbons (Fsp3) is 0.0370. The molecule has 184 valence electrons. The van der Waals surface area contributed by atoms with Crippen molar-refractivity contribution in [2.24, 2.45) is 0 Å². The average molecular weight is 550 g/mol. The number of amides is 2. The van der Waals surface area contributed by atoms with Crippen LogP contribution in [0.2, 0.25) is 10.0 Å². The van der Waals surface area contributed by atoms with Crippen LogP contribution in [0.4, 0.5) is 5.69 Å². The minimum atomic E-state index is -1.09. The van der Waals surface area contributed by atoms with Crippen LogP contribution in [-0.4, -0.2) is 32.6 Å². The SMILES string of the molecule is O=C1NC(=S)N(c2ccc(C(=O)O)cc2)C(=O)/C1=C/c1cn(Cc2ccc(Cl)cc2Cl)c2ccccc12. The van der Waals surface area contributed by atoms with E-state index in [1.165, 1.54) is 35.2 Å². The summed E-state index contributed by atoms with van der Waals surface area (Å²) in [5, 5.41) is 13.5. The van der Waals surface area contributed by atoms with Crippen LogP contribution in [0, 0.1) is 0 Å². The lowest BCUT2D eigenvalue weighted by Crippen LogP contribution is -2.54. The summed E-state index contributed by atoms with van der Waals surface area (Å²) < 4.78 is 1.98. The number of carboxylic acid groups (broad SMARTS) is 1. The smallest absolute Gasteiger partial charge is 0.335 e. The summed E-state index contributed by atoms with van der Waals surface area (Å²) in [5.74, 6) is -2.33. The highest BCUT2D eigenvalue weighted by molar-refractivity contribution is 7.80. The Morgan fingerprint density at radius 3 is 2.46 bits per heavy atom.